The van der Waals surface area contributed by atoms with Crippen LogP contribution >= 0.6 is 0 Å². The number of hydrogen-bond donors (Lipinski definition) is 2. The number of benzene rings is 1. The highest BCUT2D eigenvalue weighted by atomic mass is 16.5. The molecule has 0 saturated heterocycles. The summed E-state index contributed by atoms with van der Waals surface area (Å²) < 4.78 is 5.61. The Hall–Kier alpha value is -0.900. The molecule has 16 heavy (non-hydrogen) atoms. The van der Waals surface area contributed by atoms with Crippen LogP contribution < -0.4 is 5.73 Å². The zero-order valence-electron chi connectivity index (χ0n) is 9.86. The van der Waals surface area contributed by atoms with Gasteiger partial charge in [0.1, 0.15) is 0 Å². The smallest absolute Gasteiger partial charge is 0.0947 e. The summed E-state index contributed by atoms with van der Waals surface area (Å²) in [6.45, 7) is 3.31. The van der Waals surface area contributed by atoms with Crippen LogP contribution in [0.5, 0.6) is 0 Å². The van der Waals surface area contributed by atoms with E-state index in [-0.39, 0.29) is 12.7 Å². The van der Waals surface area contributed by atoms with Gasteiger partial charge in [0.15, 0.2) is 0 Å². The fourth-order valence-electron chi connectivity index (χ4n) is 1.56. The summed E-state index contributed by atoms with van der Waals surface area (Å²) in [5.74, 6) is 0. The van der Waals surface area contributed by atoms with Crippen LogP contribution in [0.2, 0.25) is 0 Å². The number of aliphatic hydroxyl groups is 1. The predicted octanol–water partition coefficient (Wildman–Crippen LogP) is 1.65. The van der Waals surface area contributed by atoms with Crippen LogP contribution in [0.25, 0.3) is 0 Å². The molecule has 3 N–H and O–H groups in total. The first-order chi connectivity index (χ1) is 7.81. The molecule has 0 amide bonds. The molecule has 1 aromatic carbocycles. The second kappa shape index (κ2) is 7.39. The topological polar surface area (TPSA) is 55.5 Å². The highest BCUT2D eigenvalue weighted by Crippen LogP contribution is 2.17. The maximum absolute atomic E-state index is 8.68. The third kappa shape index (κ3) is 3.93. The Morgan fingerprint density at radius 2 is 2.00 bits per heavy atom. The molecular formula is C13H21NO2. The lowest BCUT2D eigenvalue weighted by atomic mass is 10.1. The van der Waals surface area contributed by atoms with Gasteiger partial charge < -0.3 is 15.6 Å². The minimum Gasteiger partial charge on any atom is -0.396 e. The van der Waals surface area contributed by atoms with E-state index < -0.39 is 0 Å². The molecule has 90 valence electrons. The van der Waals surface area contributed by atoms with Crippen molar-refractivity contribution in [3.8, 4) is 0 Å². The van der Waals surface area contributed by atoms with Gasteiger partial charge in [-0.3, -0.25) is 0 Å². The van der Waals surface area contributed by atoms with Gasteiger partial charge in [0, 0.05) is 19.8 Å². The summed E-state index contributed by atoms with van der Waals surface area (Å²) in [6.07, 6.45) is 1.64. The first-order valence-corrected chi connectivity index (χ1v) is 5.83. The van der Waals surface area contributed by atoms with Crippen LogP contribution in [0.3, 0.4) is 0 Å². The number of nitrogens with two attached hydrogens (primary N) is 1. The van der Waals surface area contributed by atoms with Crippen molar-refractivity contribution in [1.29, 1.82) is 0 Å². The maximum atomic E-state index is 8.68. The third-order valence-corrected chi connectivity index (χ3v) is 2.60. The lowest BCUT2D eigenvalue weighted by Gasteiger charge is -2.16. The SMILES string of the molecule is CCc1ccc(C(CN)OCCCO)cc1. The van der Waals surface area contributed by atoms with Crippen LogP contribution in [0.15, 0.2) is 24.3 Å². The van der Waals surface area contributed by atoms with E-state index in [2.05, 4.69) is 31.2 Å². The Kier molecular flexibility index (Phi) is 6.08. The van der Waals surface area contributed by atoms with Gasteiger partial charge in [-0.15, -0.1) is 0 Å². The maximum Gasteiger partial charge on any atom is 0.0947 e. The van der Waals surface area contributed by atoms with Crippen molar-refractivity contribution in [1.82, 2.24) is 0 Å². The Balaban J connectivity index is 2.56. The van der Waals surface area contributed by atoms with Gasteiger partial charge >= 0.3 is 0 Å². The summed E-state index contributed by atoms with van der Waals surface area (Å²) in [4.78, 5) is 0. The van der Waals surface area contributed by atoms with Crippen LogP contribution in [-0.4, -0.2) is 24.9 Å². The van der Waals surface area contributed by atoms with Gasteiger partial charge in [0.2, 0.25) is 0 Å². The molecule has 0 aliphatic rings. The average Bonchev–Trinajstić information content (AvgIpc) is 2.35. The van der Waals surface area contributed by atoms with Gasteiger partial charge in [-0.2, -0.15) is 0 Å². The summed E-state index contributed by atoms with van der Waals surface area (Å²) >= 11 is 0. The van der Waals surface area contributed by atoms with E-state index in [1.54, 1.807) is 0 Å². The van der Waals surface area contributed by atoms with Gasteiger partial charge in [-0.1, -0.05) is 31.2 Å². The minimum absolute atomic E-state index is 0.0579. The highest BCUT2D eigenvalue weighted by molar-refractivity contribution is 5.24. The van der Waals surface area contributed by atoms with Crippen LogP contribution in [0, 0.1) is 0 Å². The number of hydrogen-bond acceptors (Lipinski definition) is 3. The van der Waals surface area contributed by atoms with Crippen LogP contribution in [-0.2, 0) is 11.2 Å². The zero-order chi connectivity index (χ0) is 11.8. The van der Waals surface area contributed by atoms with E-state index in [0.29, 0.717) is 19.6 Å². The van der Waals surface area contributed by atoms with Gasteiger partial charge in [0.05, 0.1) is 6.10 Å². The molecule has 3 nitrogen and oxygen atoms in total. The van der Waals surface area contributed by atoms with Crippen LogP contribution in [0.1, 0.15) is 30.6 Å². The number of aliphatic hydroxyl groups excluding tert-OH is 1. The molecular weight excluding hydrogens is 202 g/mol. The molecule has 1 rings (SSSR count). The minimum atomic E-state index is -0.0579. The first kappa shape index (κ1) is 13.2. The molecule has 1 atom stereocenters. The van der Waals surface area contributed by atoms with Crippen molar-refractivity contribution in [3.63, 3.8) is 0 Å². The normalized spacial score (nSPS) is 12.7. The molecule has 0 fully saturated rings. The Labute approximate surface area is 97.2 Å². The van der Waals surface area contributed by atoms with E-state index in [1.807, 2.05) is 0 Å². The van der Waals surface area contributed by atoms with Crippen molar-refractivity contribution in [2.75, 3.05) is 19.8 Å². The monoisotopic (exact) mass is 223 g/mol. The molecule has 0 aromatic heterocycles. The molecule has 0 bridgehead atoms. The lowest BCUT2D eigenvalue weighted by Crippen LogP contribution is -2.16. The number of rotatable bonds is 7. The van der Waals surface area contributed by atoms with Crippen LogP contribution in [0.4, 0.5) is 0 Å². The summed E-state index contributed by atoms with van der Waals surface area (Å²) in [7, 11) is 0. The van der Waals surface area contributed by atoms with Crippen molar-refractivity contribution >= 4 is 0 Å². The molecule has 0 heterocycles. The average molecular weight is 223 g/mol. The molecule has 0 aliphatic carbocycles. The molecule has 3 heteroatoms. The van der Waals surface area contributed by atoms with E-state index in [0.717, 1.165) is 12.0 Å². The fraction of sp³-hybridized carbons (Fsp3) is 0.538. The van der Waals surface area contributed by atoms with E-state index in [1.165, 1.54) is 5.56 Å². The molecule has 1 unspecified atom stereocenters. The number of ether oxygens (including phenoxy) is 1. The second-order valence-electron chi connectivity index (χ2n) is 3.77. The van der Waals surface area contributed by atoms with E-state index >= 15 is 0 Å². The van der Waals surface area contributed by atoms with Gasteiger partial charge in [-0.05, 0) is 24.0 Å². The van der Waals surface area contributed by atoms with Crippen molar-refractivity contribution in [3.05, 3.63) is 35.4 Å². The predicted molar refractivity (Wildman–Crippen MR) is 65.3 cm³/mol. The Morgan fingerprint density at radius 1 is 1.31 bits per heavy atom. The Morgan fingerprint density at radius 3 is 2.50 bits per heavy atom. The van der Waals surface area contributed by atoms with Gasteiger partial charge in [-0.25, -0.2) is 0 Å². The molecule has 0 spiro atoms. The van der Waals surface area contributed by atoms with E-state index in [4.69, 9.17) is 15.6 Å². The van der Waals surface area contributed by atoms with E-state index in [9.17, 15) is 0 Å². The van der Waals surface area contributed by atoms with Gasteiger partial charge in [0.25, 0.3) is 0 Å². The summed E-state index contributed by atoms with van der Waals surface area (Å²) in [5.41, 5.74) is 8.09. The molecule has 1 aromatic rings. The molecule has 0 radical (unpaired) electrons. The summed E-state index contributed by atoms with van der Waals surface area (Å²) in [5, 5.41) is 8.68. The summed E-state index contributed by atoms with van der Waals surface area (Å²) in [6, 6.07) is 8.34. The largest absolute Gasteiger partial charge is 0.396 e. The lowest BCUT2D eigenvalue weighted by molar-refractivity contribution is 0.0488. The second-order valence-corrected chi connectivity index (χ2v) is 3.77. The van der Waals surface area contributed by atoms with Crippen molar-refractivity contribution in [2.24, 2.45) is 5.73 Å². The van der Waals surface area contributed by atoms with Crippen molar-refractivity contribution in [2.45, 2.75) is 25.9 Å². The molecule has 0 aliphatic heterocycles. The highest BCUT2D eigenvalue weighted by Gasteiger charge is 2.09. The third-order valence-electron chi connectivity index (χ3n) is 2.60. The quantitative estimate of drug-likeness (QED) is 0.691. The zero-order valence-corrected chi connectivity index (χ0v) is 9.86. The molecule has 0 saturated carbocycles. The Bertz CT molecular complexity index is 284. The van der Waals surface area contributed by atoms with Crippen molar-refractivity contribution < 1.29 is 9.84 Å². The standard InChI is InChI=1S/C13H21NO2/c1-2-11-4-6-12(7-5-11)13(10-14)16-9-3-8-15/h4-7,13,15H,2-3,8-10,14H2,1H3. The fourth-order valence-corrected chi connectivity index (χ4v) is 1.56. The number of aryl methyl sites for hydroxylation is 1. The first-order valence-electron chi connectivity index (χ1n) is 5.83.